The number of likely N-dealkylation sites (tertiary alicyclic amines) is 1. The molecule has 6 nitrogen and oxygen atoms in total. The van der Waals surface area contributed by atoms with Gasteiger partial charge < -0.3 is 11.1 Å². The van der Waals surface area contributed by atoms with Crippen molar-refractivity contribution < 1.29 is 9.59 Å². The molecule has 1 aromatic rings. The van der Waals surface area contributed by atoms with Crippen LogP contribution in [0.1, 0.15) is 12.8 Å². The Balaban J connectivity index is 2.20. The zero-order chi connectivity index (χ0) is 14.2. The van der Waals surface area contributed by atoms with Crippen molar-refractivity contribution in [1.29, 1.82) is 0 Å². The number of nitrogens with zero attached hydrogens (tertiary/aromatic N) is 2. The zero-order valence-electron chi connectivity index (χ0n) is 10.1. The average molecular weight is 303 g/mol. The summed E-state index contributed by atoms with van der Waals surface area (Å²) in [6.07, 6.45) is 0.684. The molecule has 19 heavy (non-hydrogen) atoms. The fourth-order valence-corrected chi connectivity index (χ4v) is 2.21. The Morgan fingerprint density at radius 2 is 2.11 bits per heavy atom. The van der Waals surface area contributed by atoms with E-state index in [1.54, 1.807) is 0 Å². The van der Waals surface area contributed by atoms with Gasteiger partial charge in [-0.25, -0.2) is 4.98 Å². The molecule has 2 heterocycles. The highest BCUT2D eigenvalue weighted by Gasteiger charge is 2.32. The molecule has 0 saturated carbocycles. The van der Waals surface area contributed by atoms with E-state index in [0.717, 1.165) is 4.90 Å². The number of nitrogen functional groups attached to an aromatic ring is 1. The second-order valence-corrected chi connectivity index (χ2v) is 5.03. The van der Waals surface area contributed by atoms with Gasteiger partial charge in [0.05, 0.1) is 10.0 Å². The number of halogens is 2. The van der Waals surface area contributed by atoms with Crippen LogP contribution in [0.25, 0.3) is 0 Å². The lowest BCUT2D eigenvalue weighted by atomic mass is 10.0. The van der Waals surface area contributed by atoms with Crippen molar-refractivity contribution in [2.24, 2.45) is 0 Å². The zero-order valence-corrected chi connectivity index (χ0v) is 11.6. The lowest BCUT2D eigenvalue weighted by molar-refractivity contribution is -0.146. The summed E-state index contributed by atoms with van der Waals surface area (Å²) in [5.41, 5.74) is 5.59. The van der Waals surface area contributed by atoms with Crippen molar-refractivity contribution in [3.8, 4) is 0 Å². The maximum Gasteiger partial charge on any atom is 0.251 e. The first kappa shape index (κ1) is 13.9. The van der Waals surface area contributed by atoms with Crippen LogP contribution in [0.3, 0.4) is 0 Å². The Hall–Kier alpha value is -1.53. The number of amides is 2. The summed E-state index contributed by atoms with van der Waals surface area (Å²) in [5, 5.41) is 3.41. The Kier molecular flexibility index (Phi) is 3.82. The number of hydrogen-bond acceptors (Lipinski definition) is 5. The van der Waals surface area contributed by atoms with Gasteiger partial charge in [-0.1, -0.05) is 23.2 Å². The first-order valence-electron chi connectivity index (χ1n) is 5.58. The van der Waals surface area contributed by atoms with Crippen LogP contribution in [0.5, 0.6) is 0 Å². The van der Waals surface area contributed by atoms with Crippen molar-refractivity contribution in [2.75, 3.05) is 18.1 Å². The first-order chi connectivity index (χ1) is 8.90. The third-order valence-corrected chi connectivity index (χ3v) is 3.51. The number of rotatable bonds is 2. The van der Waals surface area contributed by atoms with Crippen LogP contribution in [0.2, 0.25) is 10.0 Å². The van der Waals surface area contributed by atoms with Crippen LogP contribution in [0.4, 0.5) is 11.6 Å². The molecule has 1 unspecified atom stereocenters. The Morgan fingerprint density at radius 1 is 1.42 bits per heavy atom. The van der Waals surface area contributed by atoms with Gasteiger partial charge in [-0.2, -0.15) is 0 Å². The second-order valence-electron chi connectivity index (χ2n) is 4.21. The number of aromatic nitrogens is 1. The van der Waals surface area contributed by atoms with Crippen molar-refractivity contribution in [1.82, 2.24) is 9.88 Å². The fourth-order valence-electron chi connectivity index (χ4n) is 1.80. The molecule has 0 aromatic carbocycles. The number of nitrogens with two attached hydrogens (primary N) is 1. The summed E-state index contributed by atoms with van der Waals surface area (Å²) >= 11 is 11.8. The van der Waals surface area contributed by atoms with Crippen LogP contribution >= 0.6 is 23.2 Å². The Labute approximate surface area is 119 Å². The average Bonchev–Trinajstić information content (AvgIpc) is 2.36. The van der Waals surface area contributed by atoms with Crippen molar-refractivity contribution >= 4 is 46.7 Å². The monoisotopic (exact) mass is 302 g/mol. The molecule has 1 atom stereocenters. The van der Waals surface area contributed by atoms with Gasteiger partial charge >= 0.3 is 0 Å². The lowest BCUT2D eigenvalue weighted by Crippen LogP contribution is -2.48. The van der Waals surface area contributed by atoms with Gasteiger partial charge in [-0.3, -0.25) is 14.5 Å². The van der Waals surface area contributed by atoms with Crippen LogP contribution in [0.15, 0.2) is 6.07 Å². The molecule has 102 valence electrons. The number of carbonyl (C=O) groups excluding carboxylic acids is 2. The summed E-state index contributed by atoms with van der Waals surface area (Å²) in [6.45, 7) is 0. The molecule has 1 aliphatic rings. The van der Waals surface area contributed by atoms with E-state index in [-0.39, 0.29) is 33.5 Å². The SMILES string of the molecule is CN1C(=O)CCC(Nc2nc(N)c(Cl)cc2Cl)C1=O. The molecule has 8 heteroatoms. The maximum absolute atomic E-state index is 11.9. The number of anilines is 2. The summed E-state index contributed by atoms with van der Waals surface area (Å²) < 4.78 is 0. The third-order valence-electron chi connectivity index (χ3n) is 2.92. The van der Waals surface area contributed by atoms with E-state index in [4.69, 9.17) is 28.9 Å². The summed E-state index contributed by atoms with van der Waals surface area (Å²) in [4.78, 5) is 28.4. The van der Waals surface area contributed by atoms with E-state index in [1.807, 2.05) is 0 Å². The van der Waals surface area contributed by atoms with Crippen LogP contribution in [-0.4, -0.2) is 34.8 Å². The number of imide groups is 1. The van der Waals surface area contributed by atoms with Gasteiger partial charge in [-0.15, -0.1) is 0 Å². The molecule has 0 spiro atoms. The molecule has 2 amide bonds. The highest BCUT2D eigenvalue weighted by molar-refractivity contribution is 6.37. The molecule has 3 N–H and O–H groups in total. The second kappa shape index (κ2) is 5.22. The molecule has 1 saturated heterocycles. The van der Waals surface area contributed by atoms with E-state index >= 15 is 0 Å². The third kappa shape index (κ3) is 2.74. The van der Waals surface area contributed by atoms with E-state index in [0.29, 0.717) is 12.8 Å². The lowest BCUT2D eigenvalue weighted by Gasteiger charge is -2.28. The molecule has 1 aliphatic heterocycles. The van der Waals surface area contributed by atoms with Gasteiger partial charge in [0.15, 0.2) is 0 Å². The molecule has 1 fully saturated rings. The smallest absolute Gasteiger partial charge is 0.251 e. The maximum atomic E-state index is 11.9. The predicted octanol–water partition coefficient (Wildman–Crippen LogP) is 1.53. The predicted molar refractivity (Wildman–Crippen MR) is 73.1 cm³/mol. The van der Waals surface area contributed by atoms with Gasteiger partial charge in [0.25, 0.3) is 5.91 Å². The number of likely N-dealkylation sites (N-methyl/N-ethyl adjacent to an activating group) is 1. The Morgan fingerprint density at radius 3 is 2.79 bits per heavy atom. The molecular weight excluding hydrogens is 291 g/mol. The first-order valence-corrected chi connectivity index (χ1v) is 6.34. The van der Waals surface area contributed by atoms with Gasteiger partial charge in [0.2, 0.25) is 5.91 Å². The number of piperidine rings is 1. The van der Waals surface area contributed by atoms with Gasteiger partial charge in [-0.05, 0) is 12.5 Å². The van der Waals surface area contributed by atoms with E-state index in [2.05, 4.69) is 10.3 Å². The van der Waals surface area contributed by atoms with Crippen LogP contribution in [-0.2, 0) is 9.59 Å². The number of carbonyl (C=O) groups is 2. The van der Waals surface area contributed by atoms with Gasteiger partial charge in [0.1, 0.15) is 17.7 Å². The normalized spacial score (nSPS) is 19.7. The van der Waals surface area contributed by atoms with E-state index in [9.17, 15) is 9.59 Å². The van der Waals surface area contributed by atoms with E-state index < -0.39 is 6.04 Å². The minimum atomic E-state index is -0.548. The van der Waals surface area contributed by atoms with Crippen molar-refractivity contribution in [3.63, 3.8) is 0 Å². The molecule has 1 aromatic heterocycles. The van der Waals surface area contributed by atoms with Crippen molar-refractivity contribution in [3.05, 3.63) is 16.1 Å². The van der Waals surface area contributed by atoms with Crippen LogP contribution in [0, 0.1) is 0 Å². The molecular formula is C11H12Cl2N4O2. The fraction of sp³-hybridized carbons (Fsp3) is 0.364. The quantitative estimate of drug-likeness (QED) is 0.809. The summed E-state index contributed by atoms with van der Waals surface area (Å²) in [6, 6.07) is 0.906. The number of nitrogens with one attached hydrogen (secondary N) is 1. The summed E-state index contributed by atoms with van der Waals surface area (Å²) in [5.74, 6) is -0.105. The summed E-state index contributed by atoms with van der Waals surface area (Å²) in [7, 11) is 1.45. The largest absolute Gasteiger partial charge is 0.382 e. The van der Waals surface area contributed by atoms with Crippen LogP contribution < -0.4 is 11.1 Å². The molecule has 2 rings (SSSR count). The highest BCUT2D eigenvalue weighted by Crippen LogP contribution is 2.28. The number of pyridine rings is 1. The topological polar surface area (TPSA) is 88.3 Å². The molecule has 0 radical (unpaired) electrons. The van der Waals surface area contributed by atoms with Gasteiger partial charge in [0, 0.05) is 13.5 Å². The Bertz CT molecular complexity index is 550. The minimum absolute atomic E-state index is 0.126. The highest BCUT2D eigenvalue weighted by atomic mass is 35.5. The molecule has 0 aliphatic carbocycles. The number of hydrogen-bond donors (Lipinski definition) is 2. The van der Waals surface area contributed by atoms with Crippen molar-refractivity contribution in [2.45, 2.75) is 18.9 Å². The van der Waals surface area contributed by atoms with E-state index in [1.165, 1.54) is 13.1 Å². The standard InChI is InChI=1S/C11H12Cl2N4O2/c1-17-8(18)3-2-7(11(17)19)15-10-6(13)4-5(12)9(14)16-10/h4,7H,2-3H2,1H3,(H3,14,15,16). The molecule has 0 bridgehead atoms. The minimum Gasteiger partial charge on any atom is -0.382 e.